The highest BCUT2D eigenvalue weighted by Gasteiger charge is 2.30. The van der Waals surface area contributed by atoms with Crippen LogP contribution in [0.3, 0.4) is 0 Å². The summed E-state index contributed by atoms with van der Waals surface area (Å²) in [5.74, 6) is -0.648. The van der Waals surface area contributed by atoms with E-state index < -0.39 is 97.5 Å². The van der Waals surface area contributed by atoms with Crippen molar-refractivity contribution in [1.82, 2.24) is 0 Å². The fourth-order valence-electron chi connectivity index (χ4n) is 10.8. The summed E-state index contributed by atoms with van der Waals surface area (Å²) in [4.78, 5) is 72.5. The lowest BCUT2D eigenvalue weighted by atomic mass is 10.0. The molecule has 534 valence electrons. The first-order valence-corrected chi connectivity index (χ1v) is 40.0. The molecule has 0 saturated carbocycles. The van der Waals surface area contributed by atoms with Crippen LogP contribution in [0.2, 0.25) is 0 Å². The summed E-state index contributed by atoms with van der Waals surface area (Å²) in [5, 5.41) is 10.6. The Balaban J connectivity index is 5.23. The fraction of sp³-hybridized carbons (Fsp3) is 0.944. The van der Waals surface area contributed by atoms with Gasteiger partial charge >= 0.3 is 39.5 Å². The SMILES string of the molecule is CCCCCCCCCCCCCCCCCCCC(=O)O[C@H](COC(=O)CCCCCCCCCCCCC(C)C)COP(=O)(O)OC[C@@H](O)COP(=O)(O)OC[C@@H](COC(=O)CCCCCCCCCCC)OC(=O)CCCCCCCCCCC(C)C. The maximum Gasteiger partial charge on any atom is 0.472 e. The van der Waals surface area contributed by atoms with Gasteiger partial charge in [-0.3, -0.25) is 37.3 Å². The minimum Gasteiger partial charge on any atom is -0.462 e. The number of hydrogen-bond donors (Lipinski definition) is 3. The summed E-state index contributed by atoms with van der Waals surface area (Å²) in [5.41, 5.74) is 0. The number of carbonyl (C=O) groups excluding carboxylic acids is 4. The predicted octanol–water partition coefficient (Wildman–Crippen LogP) is 20.4. The quantitative estimate of drug-likeness (QED) is 0.0222. The van der Waals surface area contributed by atoms with Gasteiger partial charge in [0.25, 0.3) is 0 Å². The molecule has 0 aromatic rings. The van der Waals surface area contributed by atoms with E-state index in [1.54, 1.807) is 0 Å². The summed E-state index contributed by atoms with van der Waals surface area (Å²) >= 11 is 0. The number of carbonyl (C=O) groups is 4. The van der Waals surface area contributed by atoms with Crippen molar-refractivity contribution in [3.05, 3.63) is 0 Å². The molecule has 0 aliphatic carbocycles. The number of phosphoric ester groups is 2. The van der Waals surface area contributed by atoms with E-state index in [1.807, 2.05) is 0 Å². The van der Waals surface area contributed by atoms with Gasteiger partial charge in [0.15, 0.2) is 12.2 Å². The van der Waals surface area contributed by atoms with E-state index in [4.69, 9.17) is 37.0 Å². The van der Waals surface area contributed by atoms with Crippen molar-refractivity contribution in [2.75, 3.05) is 39.6 Å². The van der Waals surface area contributed by atoms with Gasteiger partial charge in [0.1, 0.15) is 19.3 Å². The molecule has 0 heterocycles. The number of ether oxygens (including phenoxy) is 4. The van der Waals surface area contributed by atoms with E-state index in [0.29, 0.717) is 25.7 Å². The smallest absolute Gasteiger partial charge is 0.462 e. The number of aliphatic hydroxyl groups is 1. The Morgan fingerprint density at radius 2 is 0.511 bits per heavy atom. The van der Waals surface area contributed by atoms with Crippen LogP contribution in [-0.2, 0) is 65.4 Å². The van der Waals surface area contributed by atoms with Crippen LogP contribution in [0.5, 0.6) is 0 Å². The molecule has 19 heteroatoms. The maximum absolute atomic E-state index is 13.0. The molecule has 5 atom stereocenters. The minimum atomic E-state index is -4.95. The van der Waals surface area contributed by atoms with Crippen molar-refractivity contribution >= 4 is 39.5 Å². The lowest BCUT2D eigenvalue weighted by Gasteiger charge is -2.21. The third-order valence-corrected chi connectivity index (χ3v) is 18.4. The molecule has 0 aromatic heterocycles. The second-order valence-electron chi connectivity index (χ2n) is 26.6. The highest BCUT2D eigenvalue weighted by atomic mass is 31.2. The van der Waals surface area contributed by atoms with Gasteiger partial charge in [-0.25, -0.2) is 9.13 Å². The van der Waals surface area contributed by atoms with Gasteiger partial charge in [-0.15, -0.1) is 0 Å². The Morgan fingerprint density at radius 1 is 0.300 bits per heavy atom. The molecule has 0 amide bonds. The number of unbranched alkanes of at least 4 members (excludes halogenated alkanes) is 40. The topological polar surface area (TPSA) is 237 Å². The van der Waals surface area contributed by atoms with Crippen LogP contribution in [-0.4, -0.2) is 96.7 Å². The van der Waals surface area contributed by atoms with Gasteiger partial charge in [0, 0.05) is 25.7 Å². The molecule has 0 bridgehead atoms. The van der Waals surface area contributed by atoms with Gasteiger partial charge in [-0.2, -0.15) is 0 Å². The average Bonchev–Trinajstić information content (AvgIpc) is 3.72. The van der Waals surface area contributed by atoms with Crippen molar-refractivity contribution < 1.29 is 80.2 Å². The summed E-state index contributed by atoms with van der Waals surface area (Å²) in [6.07, 6.45) is 48.6. The van der Waals surface area contributed by atoms with Gasteiger partial charge in [0.2, 0.25) is 0 Å². The highest BCUT2D eigenvalue weighted by Crippen LogP contribution is 2.45. The second-order valence-corrected chi connectivity index (χ2v) is 29.5. The first kappa shape index (κ1) is 88.1. The molecule has 0 fully saturated rings. The molecule has 90 heavy (non-hydrogen) atoms. The van der Waals surface area contributed by atoms with E-state index in [-0.39, 0.29) is 25.7 Å². The zero-order valence-electron chi connectivity index (χ0n) is 58.4. The summed E-state index contributed by atoms with van der Waals surface area (Å²) in [6, 6.07) is 0. The van der Waals surface area contributed by atoms with Crippen LogP contribution >= 0.6 is 15.6 Å². The zero-order valence-corrected chi connectivity index (χ0v) is 60.2. The number of phosphoric acid groups is 2. The largest absolute Gasteiger partial charge is 0.472 e. The molecule has 17 nitrogen and oxygen atoms in total. The molecule has 0 aliphatic rings. The molecule has 0 radical (unpaired) electrons. The van der Waals surface area contributed by atoms with Crippen LogP contribution in [0.4, 0.5) is 0 Å². The highest BCUT2D eigenvalue weighted by molar-refractivity contribution is 7.47. The normalized spacial score (nSPS) is 14.1. The average molecular weight is 1330 g/mol. The molecular formula is C71H138O17P2. The summed E-state index contributed by atoms with van der Waals surface area (Å²) < 4.78 is 68.3. The number of rotatable bonds is 70. The van der Waals surface area contributed by atoms with Gasteiger partial charge < -0.3 is 33.8 Å². The molecule has 0 aromatic carbocycles. The van der Waals surface area contributed by atoms with Crippen molar-refractivity contribution in [2.45, 2.75) is 381 Å². The minimum absolute atomic E-state index is 0.104. The van der Waals surface area contributed by atoms with E-state index in [0.717, 1.165) is 102 Å². The molecule has 0 rings (SSSR count). The lowest BCUT2D eigenvalue weighted by molar-refractivity contribution is -0.161. The Kier molecular flexibility index (Phi) is 61.8. The lowest BCUT2D eigenvalue weighted by Crippen LogP contribution is -2.30. The van der Waals surface area contributed by atoms with E-state index in [1.165, 1.54) is 180 Å². The number of hydrogen-bond acceptors (Lipinski definition) is 15. The van der Waals surface area contributed by atoms with Crippen LogP contribution in [0.25, 0.3) is 0 Å². The Bertz CT molecular complexity index is 1750. The second kappa shape index (κ2) is 63.1. The first-order chi connectivity index (χ1) is 43.4. The zero-order chi connectivity index (χ0) is 66.5. The van der Waals surface area contributed by atoms with E-state index in [2.05, 4.69) is 41.5 Å². The first-order valence-electron chi connectivity index (χ1n) is 37.0. The maximum atomic E-state index is 13.0. The molecule has 0 aliphatic heterocycles. The molecule has 0 saturated heterocycles. The van der Waals surface area contributed by atoms with Crippen LogP contribution < -0.4 is 0 Å². The van der Waals surface area contributed by atoms with Crippen molar-refractivity contribution in [2.24, 2.45) is 11.8 Å². The Labute approximate surface area is 549 Å². The van der Waals surface area contributed by atoms with Gasteiger partial charge in [-0.05, 0) is 37.5 Å². The molecule has 2 unspecified atom stereocenters. The Morgan fingerprint density at radius 3 is 0.756 bits per heavy atom. The number of aliphatic hydroxyl groups excluding tert-OH is 1. The van der Waals surface area contributed by atoms with Gasteiger partial charge in [-0.1, -0.05) is 311 Å². The number of esters is 4. The Hall–Kier alpha value is -1.94. The summed E-state index contributed by atoms with van der Waals surface area (Å²) in [7, 11) is -9.90. The van der Waals surface area contributed by atoms with Gasteiger partial charge in [0.05, 0.1) is 26.4 Å². The van der Waals surface area contributed by atoms with Crippen molar-refractivity contribution in [3.63, 3.8) is 0 Å². The third-order valence-electron chi connectivity index (χ3n) is 16.5. The molecule has 3 N–H and O–H groups in total. The van der Waals surface area contributed by atoms with E-state index in [9.17, 15) is 43.2 Å². The van der Waals surface area contributed by atoms with Crippen molar-refractivity contribution in [3.8, 4) is 0 Å². The monoisotopic (exact) mass is 1320 g/mol. The van der Waals surface area contributed by atoms with Crippen LogP contribution in [0.1, 0.15) is 363 Å². The summed E-state index contributed by atoms with van der Waals surface area (Å²) in [6.45, 7) is 9.50. The fourth-order valence-corrected chi connectivity index (χ4v) is 12.3. The van der Waals surface area contributed by atoms with Crippen LogP contribution in [0, 0.1) is 11.8 Å². The third kappa shape index (κ3) is 64.8. The van der Waals surface area contributed by atoms with E-state index >= 15 is 0 Å². The molecular weight excluding hydrogens is 1190 g/mol. The standard InChI is InChI=1S/C71H138O17P2/c1-7-9-11-13-15-17-18-19-20-21-22-23-24-30-37-43-49-55-70(75)87-66(60-82-69(74)54-48-42-36-29-26-25-28-33-39-45-51-63(3)4)61-85-89(77,78)83-57-65(72)58-84-90(79,80)86-62-67(59-81-68(73)53-47-41-35-27-16-14-12-10-8-2)88-71(76)56-50-44-38-32-31-34-40-46-52-64(5)6/h63-67,72H,7-62H2,1-6H3,(H,77,78)(H,79,80)/t65-,66-,67-/m1/s1. The van der Waals surface area contributed by atoms with Crippen LogP contribution in [0.15, 0.2) is 0 Å². The van der Waals surface area contributed by atoms with Crippen molar-refractivity contribution in [1.29, 1.82) is 0 Å². The molecule has 0 spiro atoms. The predicted molar refractivity (Wildman–Crippen MR) is 363 cm³/mol.